The van der Waals surface area contributed by atoms with E-state index in [-0.39, 0.29) is 17.7 Å². The van der Waals surface area contributed by atoms with Gasteiger partial charge >= 0.3 is 0 Å². The van der Waals surface area contributed by atoms with Crippen molar-refractivity contribution in [3.05, 3.63) is 53.1 Å². The Hall–Kier alpha value is -2.57. The molecular formula is C22H28N2O4. The third kappa shape index (κ3) is 4.64. The first-order valence-electron chi connectivity index (χ1n) is 9.54. The molecule has 0 radical (unpaired) electrons. The number of nitrogens with zero attached hydrogens (tertiary/aromatic N) is 1. The Bertz CT molecular complexity index is 835. The van der Waals surface area contributed by atoms with Gasteiger partial charge in [0.1, 0.15) is 11.5 Å². The highest BCUT2D eigenvalue weighted by Crippen LogP contribution is 2.34. The Morgan fingerprint density at radius 2 is 1.93 bits per heavy atom. The van der Waals surface area contributed by atoms with Gasteiger partial charge in [-0.05, 0) is 61.7 Å². The SMILES string of the molecule is COc1ccc(CC(C)N(C)CC(O)c2cc(O)cc3c2CCC(=O)N3)cc1. The normalized spacial score (nSPS) is 15.7. The van der Waals surface area contributed by atoms with Crippen molar-refractivity contribution in [3.8, 4) is 11.5 Å². The maximum absolute atomic E-state index is 11.6. The first-order valence-corrected chi connectivity index (χ1v) is 9.54. The number of anilines is 1. The number of ether oxygens (including phenoxy) is 1. The van der Waals surface area contributed by atoms with Gasteiger partial charge in [-0.25, -0.2) is 0 Å². The average molecular weight is 384 g/mol. The number of carbonyl (C=O) groups excluding carboxylic acids is 1. The summed E-state index contributed by atoms with van der Waals surface area (Å²) in [7, 11) is 3.63. The zero-order valence-corrected chi connectivity index (χ0v) is 16.6. The lowest BCUT2D eigenvalue weighted by Gasteiger charge is -2.29. The molecule has 6 nitrogen and oxygen atoms in total. The molecule has 2 atom stereocenters. The van der Waals surface area contributed by atoms with Crippen LogP contribution in [0.15, 0.2) is 36.4 Å². The van der Waals surface area contributed by atoms with Gasteiger partial charge in [0.2, 0.25) is 5.91 Å². The van der Waals surface area contributed by atoms with Crippen molar-refractivity contribution < 1.29 is 19.7 Å². The number of aromatic hydroxyl groups is 1. The van der Waals surface area contributed by atoms with E-state index in [4.69, 9.17) is 4.74 Å². The minimum atomic E-state index is -0.751. The van der Waals surface area contributed by atoms with Gasteiger partial charge in [0, 0.05) is 30.8 Å². The van der Waals surface area contributed by atoms with Crippen molar-refractivity contribution in [1.29, 1.82) is 0 Å². The molecule has 0 aliphatic carbocycles. The van der Waals surface area contributed by atoms with Crippen LogP contribution in [0.2, 0.25) is 0 Å². The molecule has 150 valence electrons. The minimum absolute atomic E-state index is 0.0453. The summed E-state index contributed by atoms with van der Waals surface area (Å²) in [6.45, 7) is 2.55. The largest absolute Gasteiger partial charge is 0.508 e. The summed E-state index contributed by atoms with van der Waals surface area (Å²) >= 11 is 0. The number of rotatable bonds is 7. The van der Waals surface area contributed by atoms with Gasteiger partial charge in [-0.15, -0.1) is 0 Å². The number of methoxy groups -OCH3 is 1. The Morgan fingerprint density at radius 3 is 2.61 bits per heavy atom. The lowest BCUT2D eigenvalue weighted by Crippen LogP contribution is -2.35. The predicted octanol–water partition coefficient (Wildman–Crippen LogP) is 2.88. The number of phenols is 1. The van der Waals surface area contributed by atoms with Crippen LogP contribution in [0.5, 0.6) is 11.5 Å². The summed E-state index contributed by atoms with van der Waals surface area (Å²) in [5.74, 6) is 0.814. The van der Waals surface area contributed by atoms with Crippen LogP contribution in [-0.4, -0.2) is 47.8 Å². The lowest BCUT2D eigenvalue weighted by molar-refractivity contribution is -0.116. The molecule has 0 saturated carbocycles. The Kier molecular flexibility index (Phi) is 6.21. The van der Waals surface area contributed by atoms with Crippen molar-refractivity contribution in [2.75, 3.05) is 26.0 Å². The molecule has 2 aromatic carbocycles. The van der Waals surface area contributed by atoms with Gasteiger partial charge in [0.25, 0.3) is 0 Å². The third-order valence-electron chi connectivity index (χ3n) is 5.41. The molecule has 0 saturated heterocycles. The number of nitrogens with one attached hydrogen (secondary N) is 1. The predicted molar refractivity (Wildman–Crippen MR) is 109 cm³/mol. The summed E-state index contributed by atoms with van der Waals surface area (Å²) in [6.07, 6.45) is 1.06. The summed E-state index contributed by atoms with van der Waals surface area (Å²) in [5, 5.41) is 23.6. The highest BCUT2D eigenvalue weighted by Gasteiger charge is 2.24. The number of benzene rings is 2. The number of hydrogen-bond acceptors (Lipinski definition) is 5. The van der Waals surface area contributed by atoms with Crippen LogP contribution in [0.4, 0.5) is 5.69 Å². The first kappa shape index (κ1) is 20.2. The van der Waals surface area contributed by atoms with E-state index in [1.54, 1.807) is 19.2 Å². The number of phenolic OH excluding ortho intramolecular Hbond substituents is 1. The molecule has 2 aromatic rings. The summed E-state index contributed by atoms with van der Waals surface area (Å²) < 4.78 is 5.19. The van der Waals surface area contributed by atoms with Crippen molar-refractivity contribution >= 4 is 11.6 Å². The van der Waals surface area contributed by atoms with Crippen LogP contribution in [0, 0.1) is 0 Å². The molecule has 0 fully saturated rings. The molecule has 6 heteroatoms. The number of aliphatic hydroxyl groups excluding tert-OH is 1. The smallest absolute Gasteiger partial charge is 0.224 e. The Balaban J connectivity index is 1.68. The summed E-state index contributed by atoms with van der Waals surface area (Å²) in [4.78, 5) is 13.7. The average Bonchev–Trinajstić information content (AvgIpc) is 2.67. The van der Waals surface area contributed by atoms with E-state index >= 15 is 0 Å². The molecule has 1 heterocycles. The molecule has 28 heavy (non-hydrogen) atoms. The Morgan fingerprint density at radius 1 is 1.21 bits per heavy atom. The second-order valence-electron chi connectivity index (χ2n) is 7.47. The van der Waals surface area contributed by atoms with Gasteiger partial charge in [-0.3, -0.25) is 4.79 Å². The van der Waals surface area contributed by atoms with E-state index in [2.05, 4.69) is 17.1 Å². The molecule has 2 unspecified atom stereocenters. The second-order valence-corrected chi connectivity index (χ2v) is 7.47. The number of aliphatic hydroxyl groups is 1. The van der Waals surface area contributed by atoms with Crippen molar-refractivity contribution in [1.82, 2.24) is 4.90 Å². The van der Waals surface area contributed by atoms with Gasteiger partial charge in [-0.2, -0.15) is 0 Å². The highest BCUT2D eigenvalue weighted by molar-refractivity contribution is 5.94. The number of fused-ring (bicyclic) bond motifs is 1. The van der Waals surface area contributed by atoms with E-state index < -0.39 is 6.10 Å². The molecule has 1 amide bonds. The van der Waals surface area contributed by atoms with Crippen LogP contribution >= 0.6 is 0 Å². The van der Waals surface area contributed by atoms with Crippen molar-refractivity contribution in [3.63, 3.8) is 0 Å². The quantitative estimate of drug-likeness (QED) is 0.684. The molecule has 1 aliphatic heterocycles. The molecule has 0 bridgehead atoms. The highest BCUT2D eigenvalue weighted by atomic mass is 16.5. The van der Waals surface area contributed by atoms with Crippen LogP contribution in [-0.2, 0) is 17.6 Å². The van der Waals surface area contributed by atoms with Crippen LogP contribution in [0.25, 0.3) is 0 Å². The van der Waals surface area contributed by atoms with Gasteiger partial charge < -0.3 is 25.2 Å². The fourth-order valence-corrected chi connectivity index (χ4v) is 3.63. The van der Waals surface area contributed by atoms with E-state index in [1.165, 1.54) is 5.56 Å². The van der Waals surface area contributed by atoms with Gasteiger partial charge in [-0.1, -0.05) is 12.1 Å². The molecule has 3 N–H and O–H groups in total. The van der Waals surface area contributed by atoms with Gasteiger partial charge in [0.15, 0.2) is 0 Å². The van der Waals surface area contributed by atoms with Crippen molar-refractivity contribution in [2.45, 2.75) is 38.3 Å². The van der Waals surface area contributed by atoms with E-state index in [9.17, 15) is 15.0 Å². The van der Waals surface area contributed by atoms with Gasteiger partial charge in [0.05, 0.1) is 13.2 Å². The molecule has 0 spiro atoms. The minimum Gasteiger partial charge on any atom is -0.508 e. The maximum atomic E-state index is 11.6. The fraction of sp³-hybridized carbons (Fsp3) is 0.409. The standard InChI is InChI=1S/C22H28N2O4/c1-14(10-15-4-6-17(28-3)7-5-15)24(2)13-21(26)19-11-16(25)12-20-18(19)8-9-22(27)23-20/h4-7,11-12,14,21,25-26H,8-10,13H2,1-3H3,(H,23,27). The zero-order valence-electron chi connectivity index (χ0n) is 16.6. The molecule has 3 rings (SSSR count). The first-order chi connectivity index (χ1) is 13.4. The maximum Gasteiger partial charge on any atom is 0.224 e. The zero-order chi connectivity index (χ0) is 20.3. The number of hydrogen-bond donors (Lipinski definition) is 3. The van der Waals surface area contributed by atoms with Crippen LogP contribution in [0.1, 0.15) is 36.1 Å². The third-order valence-corrected chi connectivity index (χ3v) is 5.41. The second kappa shape index (κ2) is 8.63. The van der Waals surface area contributed by atoms with Crippen molar-refractivity contribution in [2.24, 2.45) is 0 Å². The van der Waals surface area contributed by atoms with Crippen LogP contribution < -0.4 is 10.1 Å². The monoisotopic (exact) mass is 384 g/mol. The summed E-state index contributed by atoms with van der Waals surface area (Å²) in [5.41, 5.74) is 3.38. The van der Waals surface area contributed by atoms with E-state index in [0.29, 0.717) is 30.6 Å². The molecule has 1 aliphatic rings. The topological polar surface area (TPSA) is 82.0 Å². The molecule has 0 aromatic heterocycles. The van der Waals surface area contributed by atoms with E-state index in [0.717, 1.165) is 17.7 Å². The van der Waals surface area contributed by atoms with Crippen LogP contribution in [0.3, 0.4) is 0 Å². The molecular weight excluding hydrogens is 356 g/mol. The lowest BCUT2D eigenvalue weighted by atomic mass is 9.93. The number of likely N-dealkylation sites (N-methyl/N-ethyl adjacent to an activating group) is 1. The summed E-state index contributed by atoms with van der Waals surface area (Å²) in [6, 6.07) is 11.4. The number of amides is 1. The Labute approximate surface area is 165 Å². The fourth-order valence-electron chi connectivity index (χ4n) is 3.63. The number of carbonyl (C=O) groups is 1. The van der Waals surface area contributed by atoms with E-state index in [1.807, 2.05) is 31.3 Å².